The van der Waals surface area contributed by atoms with E-state index in [2.05, 4.69) is 10.3 Å². The molecule has 0 aliphatic rings. The smallest absolute Gasteiger partial charge is 0.270 e. The summed E-state index contributed by atoms with van der Waals surface area (Å²) in [5.41, 5.74) is 6.81. The molecule has 1 aromatic heterocycles. The van der Waals surface area contributed by atoms with Gasteiger partial charge in [-0.05, 0) is 18.6 Å². The Kier molecular flexibility index (Phi) is 4.63. The quantitative estimate of drug-likeness (QED) is 0.829. The molecule has 20 heavy (non-hydrogen) atoms. The van der Waals surface area contributed by atoms with E-state index in [9.17, 15) is 4.79 Å². The lowest BCUT2D eigenvalue weighted by atomic mass is 10.1. The number of hydrogen-bond acceptors (Lipinski definition) is 3. The molecule has 3 N–H and O–H groups in total. The Morgan fingerprint density at radius 1 is 1.35 bits per heavy atom. The molecule has 0 fully saturated rings. The Hall–Kier alpha value is -2.01. The highest BCUT2D eigenvalue weighted by Gasteiger charge is 2.16. The molecule has 5 heteroatoms. The molecule has 4 nitrogen and oxygen atoms in total. The number of nitrogens with one attached hydrogen (secondary N) is 1. The van der Waals surface area contributed by atoms with Crippen molar-refractivity contribution in [3.05, 3.63) is 42.1 Å². The number of amides is 1. The molecule has 2 aromatic rings. The van der Waals surface area contributed by atoms with Crippen molar-refractivity contribution in [2.24, 2.45) is 5.73 Å². The number of rotatable bonds is 5. The minimum absolute atomic E-state index is 0.248. The first-order valence-corrected chi connectivity index (χ1v) is 6.98. The lowest BCUT2D eigenvalue weighted by molar-refractivity contribution is 0.0941. The monoisotopic (exact) mass is 287 g/mol. The van der Waals surface area contributed by atoms with Gasteiger partial charge < -0.3 is 11.1 Å². The van der Waals surface area contributed by atoms with Crippen molar-refractivity contribution >= 4 is 34.0 Å². The number of aromatic nitrogens is 1. The van der Waals surface area contributed by atoms with Gasteiger partial charge in [-0.25, -0.2) is 4.98 Å². The second-order valence-electron chi connectivity index (χ2n) is 4.61. The third-order valence-corrected chi connectivity index (χ3v) is 3.34. The molecule has 0 aliphatic heterocycles. The number of benzene rings is 1. The van der Waals surface area contributed by atoms with E-state index in [1.54, 1.807) is 6.07 Å². The van der Waals surface area contributed by atoms with Crippen LogP contribution in [0.15, 0.2) is 36.4 Å². The molecule has 0 bridgehead atoms. The molecular formula is C15H17N3OS. The van der Waals surface area contributed by atoms with Crippen LogP contribution in [0.2, 0.25) is 0 Å². The number of hydrogen-bond donors (Lipinski definition) is 2. The molecule has 0 saturated carbocycles. The van der Waals surface area contributed by atoms with Gasteiger partial charge in [-0.1, -0.05) is 49.8 Å². The summed E-state index contributed by atoms with van der Waals surface area (Å²) < 4.78 is 0. The van der Waals surface area contributed by atoms with Crippen molar-refractivity contribution in [3.8, 4) is 0 Å². The summed E-state index contributed by atoms with van der Waals surface area (Å²) in [5.74, 6) is -0.248. The molecule has 1 amide bonds. The molecule has 2 rings (SSSR count). The van der Waals surface area contributed by atoms with E-state index in [0.29, 0.717) is 10.7 Å². The van der Waals surface area contributed by atoms with Crippen LogP contribution in [0.4, 0.5) is 0 Å². The molecule has 1 heterocycles. The highest BCUT2D eigenvalue weighted by Crippen LogP contribution is 2.12. The third-order valence-electron chi connectivity index (χ3n) is 3.06. The first kappa shape index (κ1) is 14.4. The molecular weight excluding hydrogens is 270 g/mol. The number of nitrogens with zero attached hydrogens (tertiary/aromatic N) is 1. The summed E-state index contributed by atoms with van der Waals surface area (Å²) >= 11 is 4.97. The van der Waals surface area contributed by atoms with Gasteiger partial charge in [0.15, 0.2) is 0 Å². The van der Waals surface area contributed by atoms with Gasteiger partial charge in [0.1, 0.15) is 5.69 Å². The Morgan fingerprint density at radius 3 is 2.80 bits per heavy atom. The zero-order valence-electron chi connectivity index (χ0n) is 11.3. The molecule has 0 radical (unpaired) electrons. The maximum Gasteiger partial charge on any atom is 0.270 e. The highest BCUT2D eigenvalue weighted by molar-refractivity contribution is 7.80. The van der Waals surface area contributed by atoms with Crippen molar-refractivity contribution < 1.29 is 4.79 Å². The number of pyridine rings is 1. The van der Waals surface area contributed by atoms with Crippen LogP contribution in [0, 0.1) is 0 Å². The number of carbonyl (C=O) groups is 1. The topological polar surface area (TPSA) is 68.0 Å². The summed E-state index contributed by atoms with van der Waals surface area (Å²) in [6, 6.07) is 11.0. The first-order chi connectivity index (χ1) is 9.61. The molecule has 0 aliphatic carbocycles. The second-order valence-corrected chi connectivity index (χ2v) is 5.08. The average molecular weight is 287 g/mol. The fourth-order valence-corrected chi connectivity index (χ4v) is 2.18. The van der Waals surface area contributed by atoms with Crippen LogP contribution in [0.3, 0.4) is 0 Å². The van der Waals surface area contributed by atoms with Crippen LogP contribution >= 0.6 is 12.2 Å². The Bertz CT molecular complexity index is 642. The molecule has 1 atom stereocenters. The predicted molar refractivity (Wildman–Crippen MR) is 84.7 cm³/mol. The number of carbonyl (C=O) groups excluding carboxylic acids is 1. The third kappa shape index (κ3) is 3.30. The lowest BCUT2D eigenvalue weighted by Gasteiger charge is -2.16. The van der Waals surface area contributed by atoms with Gasteiger partial charge >= 0.3 is 0 Å². The van der Waals surface area contributed by atoms with Gasteiger partial charge in [0, 0.05) is 5.39 Å². The van der Waals surface area contributed by atoms with Gasteiger partial charge in [-0.3, -0.25) is 4.79 Å². The summed E-state index contributed by atoms with van der Waals surface area (Å²) in [5, 5.41) is 3.83. The zero-order chi connectivity index (χ0) is 14.5. The second kappa shape index (κ2) is 6.43. The van der Waals surface area contributed by atoms with Crippen LogP contribution < -0.4 is 11.1 Å². The van der Waals surface area contributed by atoms with Crippen LogP contribution in [-0.4, -0.2) is 21.9 Å². The van der Waals surface area contributed by atoms with Crippen LogP contribution in [0.25, 0.3) is 10.9 Å². The maximum absolute atomic E-state index is 12.2. The number of fused-ring (bicyclic) bond motifs is 1. The highest BCUT2D eigenvalue weighted by atomic mass is 32.1. The maximum atomic E-state index is 12.2. The summed E-state index contributed by atoms with van der Waals surface area (Å²) in [6.07, 6.45) is 1.63. The van der Waals surface area contributed by atoms with E-state index in [1.807, 2.05) is 37.3 Å². The average Bonchev–Trinajstić information content (AvgIpc) is 2.46. The minimum atomic E-state index is -0.282. The van der Waals surface area contributed by atoms with E-state index in [0.717, 1.165) is 23.7 Å². The van der Waals surface area contributed by atoms with E-state index in [4.69, 9.17) is 18.0 Å². The molecule has 1 unspecified atom stereocenters. The Labute approximate surface area is 123 Å². The largest absolute Gasteiger partial charge is 0.392 e. The van der Waals surface area contributed by atoms with E-state index in [-0.39, 0.29) is 11.9 Å². The predicted octanol–water partition coefficient (Wildman–Crippen LogP) is 2.42. The SMILES string of the molecule is CCCC(NC(=O)c1ccc2ccccc2n1)C(N)=S. The number of thiocarbonyl (C=S) groups is 1. The van der Waals surface area contributed by atoms with Crippen LogP contribution in [-0.2, 0) is 0 Å². The van der Waals surface area contributed by atoms with Crippen molar-refractivity contribution in [2.45, 2.75) is 25.8 Å². The molecule has 0 spiro atoms. The van der Waals surface area contributed by atoms with E-state index in [1.165, 1.54) is 0 Å². The van der Waals surface area contributed by atoms with Crippen molar-refractivity contribution in [2.75, 3.05) is 0 Å². The molecule has 0 saturated heterocycles. The fraction of sp³-hybridized carbons (Fsp3) is 0.267. The summed E-state index contributed by atoms with van der Waals surface area (Å²) in [4.78, 5) is 16.8. The minimum Gasteiger partial charge on any atom is -0.392 e. The van der Waals surface area contributed by atoms with Crippen LogP contribution in [0.1, 0.15) is 30.3 Å². The number of para-hydroxylation sites is 1. The Balaban J connectivity index is 2.20. The van der Waals surface area contributed by atoms with Gasteiger partial charge in [0.2, 0.25) is 0 Å². The van der Waals surface area contributed by atoms with Gasteiger partial charge in [0.05, 0.1) is 16.5 Å². The lowest BCUT2D eigenvalue weighted by Crippen LogP contribution is -2.43. The van der Waals surface area contributed by atoms with E-state index >= 15 is 0 Å². The summed E-state index contributed by atoms with van der Waals surface area (Å²) in [6.45, 7) is 2.02. The van der Waals surface area contributed by atoms with Gasteiger partial charge in [-0.15, -0.1) is 0 Å². The first-order valence-electron chi connectivity index (χ1n) is 6.57. The van der Waals surface area contributed by atoms with Gasteiger partial charge in [0.25, 0.3) is 5.91 Å². The number of nitrogens with two attached hydrogens (primary N) is 1. The van der Waals surface area contributed by atoms with Gasteiger partial charge in [-0.2, -0.15) is 0 Å². The van der Waals surface area contributed by atoms with Crippen molar-refractivity contribution in [3.63, 3.8) is 0 Å². The molecule has 104 valence electrons. The van der Waals surface area contributed by atoms with Crippen molar-refractivity contribution in [1.82, 2.24) is 10.3 Å². The van der Waals surface area contributed by atoms with Crippen molar-refractivity contribution in [1.29, 1.82) is 0 Å². The normalized spacial score (nSPS) is 12.1. The molecule has 1 aromatic carbocycles. The fourth-order valence-electron chi connectivity index (χ4n) is 2.00. The standard InChI is InChI=1S/C15H17N3OS/c1-2-5-12(14(16)20)18-15(19)13-9-8-10-6-3-4-7-11(10)17-13/h3-4,6-9,12H,2,5H2,1H3,(H2,16,20)(H,18,19). The Morgan fingerprint density at radius 2 is 2.10 bits per heavy atom. The zero-order valence-corrected chi connectivity index (χ0v) is 12.1. The summed E-state index contributed by atoms with van der Waals surface area (Å²) in [7, 11) is 0. The van der Waals surface area contributed by atoms with Crippen LogP contribution in [0.5, 0.6) is 0 Å². The van der Waals surface area contributed by atoms with E-state index < -0.39 is 0 Å².